The molecule has 0 spiro atoms. The Hall–Kier alpha value is -0.540. The van der Waals surface area contributed by atoms with Crippen molar-refractivity contribution in [2.24, 2.45) is 23.5 Å². The highest BCUT2D eigenvalue weighted by atomic mass is 79.9. The number of hydrogen-bond donors (Lipinski definition) is 1. The number of halogens is 1. The molecule has 19 heavy (non-hydrogen) atoms. The van der Waals surface area contributed by atoms with E-state index in [2.05, 4.69) is 28.1 Å². The molecule has 0 heterocycles. The third-order valence-electron chi connectivity index (χ3n) is 4.89. The van der Waals surface area contributed by atoms with Crippen molar-refractivity contribution in [3.05, 3.63) is 28.2 Å². The zero-order valence-corrected chi connectivity index (χ0v) is 13.0. The van der Waals surface area contributed by atoms with Gasteiger partial charge in [0.05, 0.1) is 11.1 Å². The lowest BCUT2D eigenvalue weighted by molar-refractivity contribution is 0.284. The summed E-state index contributed by atoms with van der Waals surface area (Å²) in [6, 6.07) is 6.49. The van der Waals surface area contributed by atoms with Gasteiger partial charge in [0, 0.05) is 6.04 Å². The third-order valence-corrected chi connectivity index (χ3v) is 5.51. The van der Waals surface area contributed by atoms with Gasteiger partial charge in [-0.25, -0.2) is 0 Å². The molecule has 0 aliphatic heterocycles. The fourth-order valence-electron chi connectivity index (χ4n) is 3.98. The first kappa shape index (κ1) is 13.4. The van der Waals surface area contributed by atoms with Gasteiger partial charge in [0.25, 0.3) is 0 Å². The van der Waals surface area contributed by atoms with Crippen LogP contribution in [-0.2, 0) is 0 Å². The van der Waals surface area contributed by atoms with Crippen molar-refractivity contribution in [3.63, 3.8) is 0 Å². The minimum atomic E-state index is 0.183. The number of hydrogen-bond acceptors (Lipinski definition) is 2. The lowest BCUT2D eigenvalue weighted by atomic mass is 9.81. The monoisotopic (exact) mass is 323 g/mol. The first-order valence-corrected chi connectivity index (χ1v) is 8.16. The molecular weight excluding hydrogens is 302 g/mol. The van der Waals surface area contributed by atoms with E-state index in [9.17, 15) is 0 Å². The van der Waals surface area contributed by atoms with Gasteiger partial charge in [-0.2, -0.15) is 0 Å². The Bertz CT molecular complexity index is 462. The molecule has 2 nitrogen and oxygen atoms in total. The molecule has 3 heteroatoms. The average Bonchev–Trinajstić information content (AvgIpc) is 3.03. The Balaban J connectivity index is 1.76. The van der Waals surface area contributed by atoms with E-state index in [0.717, 1.165) is 22.1 Å². The zero-order chi connectivity index (χ0) is 13.4. The largest absolute Gasteiger partial charge is 0.493 e. The molecule has 1 aromatic carbocycles. The third kappa shape index (κ3) is 2.55. The minimum absolute atomic E-state index is 0.183. The second-order valence-corrected chi connectivity index (χ2v) is 6.84. The van der Waals surface area contributed by atoms with Gasteiger partial charge in [0.15, 0.2) is 0 Å². The molecule has 2 bridgehead atoms. The Morgan fingerprint density at radius 1 is 1.37 bits per heavy atom. The summed E-state index contributed by atoms with van der Waals surface area (Å²) in [5.74, 6) is 3.41. The van der Waals surface area contributed by atoms with Crippen molar-refractivity contribution < 1.29 is 4.74 Å². The molecule has 0 saturated heterocycles. The highest BCUT2D eigenvalue weighted by Crippen LogP contribution is 2.52. The zero-order valence-electron chi connectivity index (χ0n) is 11.4. The summed E-state index contributed by atoms with van der Waals surface area (Å²) in [5, 5.41) is 0. The topological polar surface area (TPSA) is 35.2 Å². The quantitative estimate of drug-likeness (QED) is 0.897. The van der Waals surface area contributed by atoms with Gasteiger partial charge in [-0.1, -0.05) is 12.5 Å². The molecule has 104 valence electrons. The second-order valence-electron chi connectivity index (χ2n) is 5.99. The van der Waals surface area contributed by atoms with Crippen LogP contribution >= 0.6 is 15.9 Å². The van der Waals surface area contributed by atoms with E-state index in [1.165, 1.54) is 31.2 Å². The standard InChI is InChI=1S/C16H22BrNO/c1-2-19-15-6-5-12(9-14(15)17)16(18)13-8-10-3-4-11(13)7-10/h5-6,9-11,13,16H,2-4,7-8,18H2,1H3. The lowest BCUT2D eigenvalue weighted by Crippen LogP contribution is -2.25. The van der Waals surface area contributed by atoms with Crippen molar-refractivity contribution in [3.8, 4) is 5.75 Å². The van der Waals surface area contributed by atoms with Crippen molar-refractivity contribution in [2.45, 2.75) is 38.6 Å². The molecule has 2 N–H and O–H groups in total. The maximum Gasteiger partial charge on any atom is 0.133 e. The van der Waals surface area contributed by atoms with Crippen LogP contribution in [0, 0.1) is 17.8 Å². The predicted molar refractivity (Wildman–Crippen MR) is 81.2 cm³/mol. The van der Waals surface area contributed by atoms with Crippen molar-refractivity contribution in [1.82, 2.24) is 0 Å². The van der Waals surface area contributed by atoms with Crippen LogP contribution in [0.2, 0.25) is 0 Å². The highest BCUT2D eigenvalue weighted by molar-refractivity contribution is 9.10. The van der Waals surface area contributed by atoms with Gasteiger partial charge in [0.2, 0.25) is 0 Å². The van der Waals surface area contributed by atoms with E-state index in [0.29, 0.717) is 12.5 Å². The highest BCUT2D eigenvalue weighted by Gasteiger charge is 2.42. The van der Waals surface area contributed by atoms with Crippen LogP contribution in [0.3, 0.4) is 0 Å². The number of benzene rings is 1. The summed E-state index contributed by atoms with van der Waals surface area (Å²) >= 11 is 3.59. The first-order chi connectivity index (χ1) is 9.19. The molecule has 4 unspecified atom stereocenters. The maximum absolute atomic E-state index is 6.52. The van der Waals surface area contributed by atoms with Crippen LogP contribution in [0.15, 0.2) is 22.7 Å². The van der Waals surface area contributed by atoms with Crippen LogP contribution < -0.4 is 10.5 Å². The summed E-state index contributed by atoms with van der Waals surface area (Å²) in [6.07, 6.45) is 5.56. The van der Waals surface area contributed by atoms with Gasteiger partial charge in [-0.05, 0) is 77.6 Å². The lowest BCUT2D eigenvalue weighted by Gasteiger charge is -2.28. The smallest absolute Gasteiger partial charge is 0.133 e. The van der Waals surface area contributed by atoms with Crippen molar-refractivity contribution >= 4 is 15.9 Å². The fourth-order valence-corrected chi connectivity index (χ4v) is 4.49. The van der Waals surface area contributed by atoms with Crippen LogP contribution in [0.4, 0.5) is 0 Å². The van der Waals surface area contributed by atoms with E-state index < -0.39 is 0 Å². The summed E-state index contributed by atoms with van der Waals surface area (Å²) in [6.45, 7) is 2.69. The van der Waals surface area contributed by atoms with E-state index in [-0.39, 0.29) is 6.04 Å². The van der Waals surface area contributed by atoms with Gasteiger partial charge in [0.1, 0.15) is 5.75 Å². The Morgan fingerprint density at radius 2 is 2.21 bits per heavy atom. The van der Waals surface area contributed by atoms with Crippen molar-refractivity contribution in [2.75, 3.05) is 6.61 Å². The molecule has 2 aliphatic carbocycles. The summed E-state index contributed by atoms with van der Waals surface area (Å²) in [7, 11) is 0. The number of nitrogens with two attached hydrogens (primary N) is 1. The van der Waals surface area contributed by atoms with Crippen LogP contribution in [0.1, 0.15) is 44.2 Å². The molecule has 0 radical (unpaired) electrons. The molecule has 0 amide bonds. The Kier molecular flexibility index (Phi) is 3.86. The van der Waals surface area contributed by atoms with E-state index >= 15 is 0 Å². The fraction of sp³-hybridized carbons (Fsp3) is 0.625. The molecule has 1 aromatic rings. The first-order valence-electron chi connectivity index (χ1n) is 7.37. The van der Waals surface area contributed by atoms with E-state index in [1.54, 1.807) is 0 Å². The summed E-state index contributed by atoms with van der Waals surface area (Å²) < 4.78 is 6.58. The number of rotatable bonds is 4. The molecule has 0 aromatic heterocycles. The Morgan fingerprint density at radius 3 is 2.79 bits per heavy atom. The summed E-state index contributed by atoms with van der Waals surface area (Å²) in [4.78, 5) is 0. The molecule has 3 rings (SSSR count). The molecule has 4 atom stereocenters. The van der Waals surface area contributed by atoms with E-state index in [1.807, 2.05) is 13.0 Å². The van der Waals surface area contributed by atoms with Crippen molar-refractivity contribution in [1.29, 1.82) is 0 Å². The Labute approximate surface area is 123 Å². The van der Waals surface area contributed by atoms with Gasteiger partial charge >= 0.3 is 0 Å². The minimum Gasteiger partial charge on any atom is -0.493 e. The van der Waals surface area contributed by atoms with Gasteiger partial charge < -0.3 is 10.5 Å². The average molecular weight is 324 g/mol. The maximum atomic E-state index is 6.52. The van der Waals surface area contributed by atoms with Crippen LogP contribution in [-0.4, -0.2) is 6.61 Å². The SMILES string of the molecule is CCOc1ccc(C(N)C2CC3CCC2C3)cc1Br. The molecular formula is C16H22BrNO. The molecule has 2 aliphatic rings. The molecule has 2 fully saturated rings. The normalized spacial score (nSPS) is 30.6. The van der Waals surface area contributed by atoms with Gasteiger partial charge in [-0.15, -0.1) is 0 Å². The predicted octanol–water partition coefficient (Wildman–Crippen LogP) is 4.28. The van der Waals surface area contributed by atoms with Gasteiger partial charge in [-0.3, -0.25) is 0 Å². The number of fused-ring (bicyclic) bond motifs is 2. The van der Waals surface area contributed by atoms with Crippen LogP contribution in [0.25, 0.3) is 0 Å². The summed E-state index contributed by atoms with van der Waals surface area (Å²) in [5.41, 5.74) is 7.76. The number of ether oxygens (including phenoxy) is 1. The van der Waals surface area contributed by atoms with E-state index in [4.69, 9.17) is 10.5 Å². The van der Waals surface area contributed by atoms with Crippen LogP contribution in [0.5, 0.6) is 5.75 Å². The second kappa shape index (κ2) is 5.45. The molecule has 2 saturated carbocycles.